The minimum absolute atomic E-state index is 0.578. The molecule has 0 atom stereocenters. The Labute approximate surface area is 311 Å². The van der Waals surface area contributed by atoms with Crippen molar-refractivity contribution in [2.45, 2.75) is 0 Å². The SMILES string of the molecule is c1ccc(-c2nc(-c3cccc(-c4nc5ccccn5c4-c4ccccc4)c3)nc(-c3cccc(-c4nc5ccccn5c4-c4ccccc4)c3)n2)cc1. The molecule has 254 valence electrons. The maximum absolute atomic E-state index is 5.14. The maximum atomic E-state index is 5.14. The van der Waals surface area contributed by atoms with Gasteiger partial charge < -0.3 is 0 Å². The van der Waals surface area contributed by atoms with E-state index in [4.69, 9.17) is 24.9 Å². The Bertz CT molecular complexity index is 2750. The molecule has 0 saturated heterocycles. The third kappa shape index (κ3) is 5.61. The van der Waals surface area contributed by atoms with Gasteiger partial charge in [0.15, 0.2) is 17.5 Å². The van der Waals surface area contributed by atoms with E-state index in [1.54, 1.807) is 0 Å². The lowest BCUT2D eigenvalue weighted by Gasteiger charge is -2.11. The Morgan fingerprint density at radius 1 is 0.278 bits per heavy atom. The van der Waals surface area contributed by atoms with Gasteiger partial charge in [-0.1, -0.05) is 140 Å². The van der Waals surface area contributed by atoms with Crippen molar-refractivity contribution in [3.05, 3.63) is 188 Å². The van der Waals surface area contributed by atoms with Crippen LogP contribution in [0.3, 0.4) is 0 Å². The van der Waals surface area contributed by atoms with Gasteiger partial charge in [-0.15, -0.1) is 0 Å². The van der Waals surface area contributed by atoms with Gasteiger partial charge in [0, 0.05) is 51.3 Å². The van der Waals surface area contributed by atoms with Crippen LogP contribution in [0.5, 0.6) is 0 Å². The molecule has 5 aromatic carbocycles. The molecule has 10 rings (SSSR count). The molecule has 5 aromatic heterocycles. The second kappa shape index (κ2) is 13.2. The third-order valence-electron chi connectivity index (χ3n) is 9.61. The molecule has 0 N–H and O–H groups in total. The first kappa shape index (κ1) is 31.2. The predicted octanol–water partition coefficient (Wildman–Crippen LogP) is 10.8. The Morgan fingerprint density at radius 2 is 0.630 bits per heavy atom. The van der Waals surface area contributed by atoms with Crippen molar-refractivity contribution in [2.75, 3.05) is 0 Å². The van der Waals surface area contributed by atoms with Gasteiger partial charge in [0.1, 0.15) is 11.3 Å². The summed E-state index contributed by atoms with van der Waals surface area (Å²) < 4.78 is 4.29. The van der Waals surface area contributed by atoms with E-state index in [-0.39, 0.29) is 0 Å². The van der Waals surface area contributed by atoms with E-state index in [1.165, 1.54) is 0 Å². The van der Waals surface area contributed by atoms with Crippen molar-refractivity contribution in [1.82, 2.24) is 33.7 Å². The second-order valence-electron chi connectivity index (χ2n) is 13.0. The number of hydrogen-bond donors (Lipinski definition) is 0. The van der Waals surface area contributed by atoms with Crippen LogP contribution in [0.4, 0.5) is 0 Å². The first-order valence-electron chi connectivity index (χ1n) is 17.8. The van der Waals surface area contributed by atoms with E-state index in [9.17, 15) is 0 Å². The van der Waals surface area contributed by atoms with Gasteiger partial charge in [0.2, 0.25) is 0 Å². The average molecular weight is 694 g/mol. The quantitative estimate of drug-likeness (QED) is 0.166. The van der Waals surface area contributed by atoms with Gasteiger partial charge >= 0.3 is 0 Å². The van der Waals surface area contributed by atoms with Crippen molar-refractivity contribution in [1.29, 1.82) is 0 Å². The molecule has 7 heteroatoms. The smallest absolute Gasteiger partial charge is 0.164 e. The summed E-state index contributed by atoms with van der Waals surface area (Å²) in [5, 5.41) is 0. The van der Waals surface area contributed by atoms with Crippen molar-refractivity contribution < 1.29 is 0 Å². The first-order chi connectivity index (χ1) is 26.8. The van der Waals surface area contributed by atoms with Crippen molar-refractivity contribution in [3.63, 3.8) is 0 Å². The van der Waals surface area contributed by atoms with Crippen LogP contribution in [0.2, 0.25) is 0 Å². The number of benzene rings is 5. The molecule has 0 aliphatic rings. The normalized spacial score (nSPS) is 11.3. The molecule has 0 spiro atoms. The number of aromatic nitrogens is 7. The summed E-state index contributed by atoms with van der Waals surface area (Å²) in [4.78, 5) is 25.5. The van der Waals surface area contributed by atoms with Gasteiger partial charge in [0.25, 0.3) is 0 Å². The van der Waals surface area contributed by atoms with Crippen molar-refractivity contribution >= 4 is 11.3 Å². The predicted molar refractivity (Wildman–Crippen MR) is 215 cm³/mol. The van der Waals surface area contributed by atoms with Crippen LogP contribution in [0, 0.1) is 0 Å². The topological polar surface area (TPSA) is 73.3 Å². The molecule has 5 heterocycles. The summed E-state index contributed by atoms with van der Waals surface area (Å²) in [7, 11) is 0. The number of rotatable bonds is 7. The lowest BCUT2D eigenvalue weighted by molar-refractivity contribution is 1.07. The summed E-state index contributed by atoms with van der Waals surface area (Å²) in [6.45, 7) is 0. The monoisotopic (exact) mass is 693 g/mol. The van der Waals surface area contributed by atoms with Crippen LogP contribution in [0.25, 0.3) is 90.5 Å². The Hall–Kier alpha value is -7.51. The molecule has 0 saturated carbocycles. The summed E-state index contributed by atoms with van der Waals surface area (Å²) >= 11 is 0. The summed E-state index contributed by atoms with van der Waals surface area (Å²) in [6.07, 6.45) is 4.12. The van der Waals surface area contributed by atoms with E-state index in [1.807, 2.05) is 91.0 Å². The average Bonchev–Trinajstić information content (AvgIpc) is 3.84. The number of hydrogen-bond acceptors (Lipinski definition) is 5. The fourth-order valence-electron chi connectivity index (χ4n) is 7.10. The molecule has 0 aliphatic heterocycles. The van der Waals surface area contributed by atoms with E-state index in [0.29, 0.717) is 17.5 Å². The number of fused-ring (bicyclic) bond motifs is 2. The zero-order chi connectivity index (χ0) is 35.8. The largest absolute Gasteiger partial charge is 0.299 e. The lowest BCUT2D eigenvalue weighted by atomic mass is 10.0. The highest BCUT2D eigenvalue weighted by molar-refractivity contribution is 5.85. The minimum Gasteiger partial charge on any atom is -0.299 e. The molecule has 0 radical (unpaired) electrons. The number of imidazole rings is 2. The summed E-state index contributed by atoms with van der Waals surface area (Å²) in [6, 6.07) is 59.7. The molecular formula is C47H31N7. The number of pyridine rings is 2. The Kier molecular flexibility index (Phi) is 7.66. The molecule has 10 aromatic rings. The number of nitrogens with zero attached hydrogens (tertiary/aromatic N) is 7. The van der Waals surface area contributed by atoms with Crippen LogP contribution in [0.15, 0.2) is 188 Å². The Morgan fingerprint density at radius 3 is 1.07 bits per heavy atom. The first-order valence-corrected chi connectivity index (χ1v) is 17.8. The van der Waals surface area contributed by atoms with Crippen LogP contribution >= 0.6 is 0 Å². The van der Waals surface area contributed by atoms with Gasteiger partial charge in [-0.2, -0.15) is 0 Å². The standard InChI is InChI=1S/C47H31N7/c1-4-16-32(17-5-1)43-41(48-39-26-10-12-28-53(39)43)35-22-14-24-37(30-35)46-50-45(34-20-8-3-9-21-34)51-47(52-46)38-25-15-23-36(31-38)42-44(33-18-6-2-7-19-33)54-29-13-11-27-40(54)49-42/h1-31H. The van der Waals surface area contributed by atoms with E-state index >= 15 is 0 Å². The van der Waals surface area contributed by atoms with Crippen LogP contribution < -0.4 is 0 Å². The van der Waals surface area contributed by atoms with Gasteiger partial charge in [-0.05, 0) is 36.4 Å². The van der Waals surface area contributed by atoms with Gasteiger partial charge in [0.05, 0.1) is 22.8 Å². The van der Waals surface area contributed by atoms with Gasteiger partial charge in [-0.3, -0.25) is 8.80 Å². The fourth-order valence-corrected chi connectivity index (χ4v) is 7.10. The highest BCUT2D eigenvalue weighted by atomic mass is 15.0. The highest BCUT2D eigenvalue weighted by Gasteiger charge is 2.20. The molecule has 7 nitrogen and oxygen atoms in total. The highest BCUT2D eigenvalue weighted by Crippen LogP contribution is 2.37. The maximum Gasteiger partial charge on any atom is 0.164 e. The molecule has 0 amide bonds. The summed E-state index contributed by atoms with van der Waals surface area (Å²) in [5.41, 5.74) is 12.4. The Balaban J connectivity index is 1.12. The fraction of sp³-hybridized carbons (Fsp3) is 0. The molecule has 0 fully saturated rings. The molecular weight excluding hydrogens is 663 g/mol. The van der Waals surface area contributed by atoms with Crippen molar-refractivity contribution in [3.8, 4) is 79.2 Å². The van der Waals surface area contributed by atoms with Gasteiger partial charge in [-0.25, -0.2) is 24.9 Å². The molecule has 0 unspecified atom stereocenters. The summed E-state index contributed by atoms with van der Waals surface area (Å²) in [5.74, 6) is 1.75. The second-order valence-corrected chi connectivity index (χ2v) is 13.0. The van der Waals surface area contributed by atoms with Crippen molar-refractivity contribution in [2.24, 2.45) is 0 Å². The van der Waals surface area contributed by atoms with Crippen LogP contribution in [0.1, 0.15) is 0 Å². The zero-order valence-electron chi connectivity index (χ0n) is 29.0. The van der Waals surface area contributed by atoms with E-state index in [2.05, 4.69) is 106 Å². The minimum atomic E-state index is 0.578. The molecule has 0 aliphatic carbocycles. The third-order valence-corrected chi connectivity index (χ3v) is 9.61. The molecule has 0 bridgehead atoms. The van der Waals surface area contributed by atoms with Crippen LogP contribution in [-0.2, 0) is 0 Å². The van der Waals surface area contributed by atoms with E-state index < -0.39 is 0 Å². The zero-order valence-corrected chi connectivity index (χ0v) is 29.0. The molecule has 54 heavy (non-hydrogen) atoms. The van der Waals surface area contributed by atoms with E-state index in [0.717, 1.165) is 73.0 Å². The van der Waals surface area contributed by atoms with Crippen LogP contribution in [-0.4, -0.2) is 33.7 Å². The lowest BCUT2D eigenvalue weighted by Crippen LogP contribution is -2.00.